The number of ether oxygens (including phenoxy) is 1. The van der Waals surface area contributed by atoms with Crippen LogP contribution in [0.4, 0.5) is 0 Å². The van der Waals surface area contributed by atoms with Crippen molar-refractivity contribution in [3.63, 3.8) is 0 Å². The predicted molar refractivity (Wildman–Crippen MR) is 74.6 cm³/mol. The topological polar surface area (TPSA) is 37.6 Å². The molecule has 5 heteroatoms. The molecule has 1 unspecified atom stereocenters. The van der Waals surface area contributed by atoms with Gasteiger partial charge < -0.3 is 14.5 Å². The Morgan fingerprint density at radius 1 is 1.56 bits per heavy atom. The summed E-state index contributed by atoms with van der Waals surface area (Å²) in [7, 11) is 1.75. The van der Waals surface area contributed by atoms with E-state index in [9.17, 15) is 0 Å². The fourth-order valence-corrected chi connectivity index (χ4v) is 2.68. The molecule has 1 N–H and O–H groups in total. The van der Waals surface area contributed by atoms with E-state index in [-0.39, 0.29) is 0 Å². The molecule has 2 heterocycles. The van der Waals surface area contributed by atoms with E-state index in [2.05, 4.69) is 26.1 Å². The van der Waals surface area contributed by atoms with Gasteiger partial charge in [-0.15, -0.1) is 0 Å². The van der Waals surface area contributed by atoms with Crippen LogP contribution in [0.1, 0.15) is 18.6 Å². The first-order valence-corrected chi connectivity index (χ1v) is 7.26. The minimum absolute atomic E-state index is 0.611. The summed E-state index contributed by atoms with van der Waals surface area (Å²) in [5.41, 5.74) is 0. The highest BCUT2D eigenvalue weighted by Gasteiger charge is 2.18. The van der Waals surface area contributed by atoms with Crippen LogP contribution in [0.5, 0.6) is 0 Å². The van der Waals surface area contributed by atoms with Gasteiger partial charge in [0.05, 0.1) is 13.2 Å². The van der Waals surface area contributed by atoms with Crippen LogP contribution < -0.4 is 5.32 Å². The third-order valence-electron chi connectivity index (χ3n) is 3.26. The van der Waals surface area contributed by atoms with E-state index in [1.807, 2.05) is 12.1 Å². The predicted octanol–water partition coefficient (Wildman–Crippen LogP) is 2.24. The van der Waals surface area contributed by atoms with Gasteiger partial charge in [0.15, 0.2) is 4.67 Å². The van der Waals surface area contributed by atoms with Gasteiger partial charge in [-0.1, -0.05) is 0 Å². The number of rotatable bonds is 7. The number of nitrogens with one attached hydrogen (secondary N) is 1. The first kappa shape index (κ1) is 14.1. The molecule has 0 spiro atoms. The normalized spacial score (nSPS) is 19.8. The zero-order valence-electron chi connectivity index (χ0n) is 10.8. The van der Waals surface area contributed by atoms with E-state index in [0.717, 1.165) is 43.2 Å². The minimum atomic E-state index is 0.611. The molecule has 1 atom stereocenters. The van der Waals surface area contributed by atoms with Gasteiger partial charge in [0.1, 0.15) is 5.76 Å². The molecule has 2 rings (SSSR count). The Labute approximate surface area is 117 Å². The molecule has 0 saturated carbocycles. The molecule has 0 radical (unpaired) electrons. The zero-order chi connectivity index (χ0) is 12.8. The molecule has 1 aromatic heterocycles. The van der Waals surface area contributed by atoms with Crippen LogP contribution in [0.2, 0.25) is 0 Å². The van der Waals surface area contributed by atoms with Crippen LogP contribution in [0.25, 0.3) is 0 Å². The largest absolute Gasteiger partial charge is 0.453 e. The molecule has 1 aromatic rings. The Balaban J connectivity index is 1.86. The lowest BCUT2D eigenvalue weighted by molar-refractivity contribution is 0.133. The van der Waals surface area contributed by atoms with E-state index >= 15 is 0 Å². The highest BCUT2D eigenvalue weighted by Crippen LogP contribution is 2.16. The molecule has 0 amide bonds. The lowest BCUT2D eigenvalue weighted by atomic mass is 10.2. The van der Waals surface area contributed by atoms with E-state index < -0.39 is 0 Å². The monoisotopic (exact) mass is 316 g/mol. The molecular formula is C13H21BrN2O2. The quantitative estimate of drug-likeness (QED) is 0.837. The van der Waals surface area contributed by atoms with Crippen LogP contribution in [-0.2, 0) is 11.3 Å². The highest BCUT2D eigenvalue weighted by molar-refractivity contribution is 9.10. The molecule has 4 nitrogen and oxygen atoms in total. The molecule has 18 heavy (non-hydrogen) atoms. The number of hydrogen-bond acceptors (Lipinski definition) is 4. The van der Waals surface area contributed by atoms with Crippen molar-refractivity contribution in [1.82, 2.24) is 10.2 Å². The van der Waals surface area contributed by atoms with Gasteiger partial charge in [-0.25, -0.2) is 0 Å². The van der Waals surface area contributed by atoms with Crippen molar-refractivity contribution in [3.8, 4) is 0 Å². The van der Waals surface area contributed by atoms with E-state index in [4.69, 9.17) is 9.15 Å². The molecule has 1 aliphatic heterocycles. The van der Waals surface area contributed by atoms with Gasteiger partial charge in [0.2, 0.25) is 0 Å². The Kier molecular flexibility index (Phi) is 5.69. The summed E-state index contributed by atoms with van der Waals surface area (Å²) in [6.07, 6.45) is 2.56. The summed E-state index contributed by atoms with van der Waals surface area (Å²) < 4.78 is 11.5. The van der Waals surface area contributed by atoms with Crippen molar-refractivity contribution >= 4 is 15.9 Å². The van der Waals surface area contributed by atoms with Gasteiger partial charge >= 0.3 is 0 Å². The van der Waals surface area contributed by atoms with E-state index in [0.29, 0.717) is 6.04 Å². The van der Waals surface area contributed by atoms with Gasteiger partial charge in [0.25, 0.3) is 0 Å². The summed E-state index contributed by atoms with van der Waals surface area (Å²) >= 11 is 3.34. The molecular weight excluding hydrogens is 296 g/mol. The standard InChI is InChI=1S/C13H21BrN2O2/c1-17-8-7-16(9-11-3-2-6-15-11)10-12-4-5-13(14)18-12/h4-5,11,15H,2-3,6-10H2,1H3. The van der Waals surface area contributed by atoms with Crippen LogP contribution in [-0.4, -0.2) is 44.3 Å². The Bertz CT molecular complexity index is 351. The first-order valence-electron chi connectivity index (χ1n) is 6.47. The minimum Gasteiger partial charge on any atom is -0.453 e. The summed E-state index contributed by atoms with van der Waals surface area (Å²) in [4.78, 5) is 2.39. The fourth-order valence-electron chi connectivity index (χ4n) is 2.34. The second-order valence-corrected chi connectivity index (χ2v) is 5.51. The molecule has 1 saturated heterocycles. The summed E-state index contributed by atoms with van der Waals surface area (Å²) in [5.74, 6) is 0.996. The fraction of sp³-hybridized carbons (Fsp3) is 0.692. The average Bonchev–Trinajstić information content (AvgIpc) is 2.98. The van der Waals surface area contributed by atoms with E-state index in [1.54, 1.807) is 7.11 Å². The maximum absolute atomic E-state index is 5.57. The third-order valence-corrected chi connectivity index (χ3v) is 3.69. The van der Waals surface area contributed by atoms with Gasteiger partial charge in [-0.05, 0) is 47.4 Å². The molecule has 1 fully saturated rings. The smallest absolute Gasteiger partial charge is 0.169 e. The van der Waals surface area contributed by atoms with Crippen LogP contribution in [0.3, 0.4) is 0 Å². The van der Waals surface area contributed by atoms with E-state index in [1.165, 1.54) is 12.8 Å². The summed E-state index contributed by atoms with van der Waals surface area (Å²) in [5, 5.41) is 3.53. The Morgan fingerprint density at radius 3 is 3.06 bits per heavy atom. The first-order chi connectivity index (χ1) is 8.78. The second-order valence-electron chi connectivity index (χ2n) is 4.73. The van der Waals surface area contributed by atoms with Crippen molar-refractivity contribution in [1.29, 1.82) is 0 Å². The maximum atomic E-state index is 5.57. The van der Waals surface area contributed by atoms with Crippen molar-refractivity contribution in [2.75, 3.05) is 33.4 Å². The Morgan fingerprint density at radius 2 is 2.44 bits per heavy atom. The van der Waals surface area contributed by atoms with Gasteiger partial charge in [-0.2, -0.15) is 0 Å². The highest BCUT2D eigenvalue weighted by atomic mass is 79.9. The number of furan rings is 1. The zero-order valence-corrected chi connectivity index (χ0v) is 12.4. The average molecular weight is 317 g/mol. The van der Waals surface area contributed by atoms with Crippen molar-refractivity contribution < 1.29 is 9.15 Å². The van der Waals surface area contributed by atoms with Gasteiger partial charge in [0, 0.05) is 26.2 Å². The van der Waals surface area contributed by atoms with Gasteiger partial charge in [-0.3, -0.25) is 4.90 Å². The number of nitrogens with zero attached hydrogens (tertiary/aromatic N) is 1. The van der Waals surface area contributed by atoms with Crippen molar-refractivity contribution in [3.05, 3.63) is 22.6 Å². The number of hydrogen-bond donors (Lipinski definition) is 1. The van der Waals surface area contributed by atoms with Crippen LogP contribution in [0, 0.1) is 0 Å². The number of methoxy groups -OCH3 is 1. The van der Waals surface area contributed by atoms with Crippen LogP contribution >= 0.6 is 15.9 Å². The van der Waals surface area contributed by atoms with Crippen molar-refractivity contribution in [2.45, 2.75) is 25.4 Å². The lowest BCUT2D eigenvalue weighted by Crippen LogP contribution is -2.38. The Hall–Kier alpha value is -0.360. The summed E-state index contributed by atoms with van der Waals surface area (Å²) in [6, 6.07) is 4.57. The summed E-state index contributed by atoms with van der Waals surface area (Å²) in [6.45, 7) is 4.74. The molecule has 0 aromatic carbocycles. The van der Waals surface area contributed by atoms with Crippen LogP contribution in [0.15, 0.2) is 21.2 Å². The second kappa shape index (κ2) is 7.28. The SMILES string of the molecule is COCCN(Cc1ccc(Br)o1)CC1CCCN1. The molecule has 1 aliphatic rings. The molecule has 102 valence electrons. The van der Waals surface area contributed by atoms with Crippen molar-refractivity contribution in [2.24, 2.45) is 0 Å². The maximum Gasteiger partial charge on any atom is 0.169 e. The molecule has 0 bridgehead atoms. The molecule has 0 aliphatic carbocycles. The lowest BCUT2D eigenvalue weighted by Gasteiger charge is -2.24. The number of halogens is 1. The third kappa shape index (κ3) is 4.39.